The second kappa shape index (κ2) is 21.4. The van der Waals surface area contributed by atoms with Crippen LogP contribution in [-0.2, 0) is 9.59 Å². The van der Waals surface area contributed by atoms with E-state index in [0.29, 0.717) is 12.8 Å². The predicted octanol–water partition coefficient (Wildman–Crippen LogP) is 6.71. The van der Waals surface area contributed by atoms with Gasteiger partial charge in [-0.2, -0.15) is 0 Å². The summed E-state index contributed by atoms with van der Waals surface area (Å²) in [6.07, 6.45) is 24.3. The van der Waals surface area contributed by atoms with Crippen LogP contribution in [0.5, 0.6) is 0 Å². The van der Waals surface area contributed by atoms with Crippen LogP contribution in [0, 0.1) is 23.7 Å². The summed E-state index contributed by atoms with van der Waals surface area (Å²) in [5.74, 6) is 11.7. The molecule has 0 aromatic carbocycles. The van der Waals surface area contributed by atoms with Crippen molar-refractivity contribution in [1.29, 1.82) is 0 Å². The number of amides is 1. The minimum Gasteiger partial charge on any atom is -0.481 e. The van der Waals surface area contributed by atoms with Crippen LogP contribution < -0.4 is 5.32 Å². The van der Waals surface area contributed by atoms with Crippen molar-refractivity contribution in [1.82, 2.24) is 5.32 Å². The lowest BCUT2D eigenvalue weighted by Crippen LogP contribution is -2.24. The van der Waals surface area contributed by atoms with Gasteiger partial charge in [-0.15, -0.1) is 0 Å². The molecule has 182 valence electrons. The van der Waals surface area contributed by atoms with Crippen molar-refractivity contribution in [3.05, 3.63) is 23.8 Å². The van der Waals surface area contributed by atoms with Gasteiger partial charge in [0.05, 0.1) is 0 Å². The van der Waals surface area contributed by atoms with Gasteiger partial charge in [-0.1, -0.05) is 87.0 Å². The molecule has 0 aromatic rings. The quantitative estimate of drug-likeness (QED) is 0.169. The van der Waals surface area contributed by atoms with Gasteiger partial charge in [-0.3, -0.25) is 9.59 Å². The largest absolute Gasteiger partial charge is 0.481 e. The summed E-state index contributed by atoms with van der Waals surface area (Å²) in [6, 6.07) is 0. The first-order valence-corrected chi connectivity index (χ1v) is 13.0. The molecule has 0 saturated heterocycles. The molecule has 0 fully saturated rings. The third-order valence-corrected chi connectivity index (χ3v) is 5.75. The summed E-state index contributed by atoms with van der Waals surface area (Å²) in [5.41, 5.74) is 1.40. The standard InChI is InChI=1S/C29H43NO3/c31-28(30-26-25-27-21-19-20-22-27)23-17-15-13-11-9-7-5-3-1-2-4-6-8-10-12-14-16-18-24-29(32)33/h19-21H,5-18,22-26H2,(H,30,31)(H,32,33). The Labute approximate surface area is 201 Å². The molecule has 1 rings (SSSR count). The van der Waals surface area contributed by atoms with E-state index in [1.807, 2.05) is 0 Å². The number of carbonyl (C=O) groups is 2. The van der Waals surface area contributed by atoms with Crippen LogP contribution in [0.4, 0.5) is 0 Å². The molecular weight excluding hydrogens is 410 g/mol. The topological polar surface area (TPSA) is 66.4 Å². The van der Waals surface area contributed by atoms with E-state index in [9.17, 15) is 9.59 Å². The summed E-state index contributed by atoms with van der Waals surface area (Å²) in [7, 11) is 0. The molecule has 0 spiro atoms. The summed E-state index contributed by atoms with van der Waals surface area (Å²) in [4.78, 5) is 22.2. The number of hydrogen-bond donors (Lipinski definition) is 2. The molecule has 4 heteroatoms. The van der Waals surface area contributed by atoms with Crippen LogP contribution in [0.2, 0.25) is 0 Å². The lowest BCUT2D eigenvalue weighted by molar-refractivity contribution is -0.137. The van der Waals surface area contributed by atoms with Crippen molar-refractivity contribution in [3.63, 3.8) is 0 Å². The molecular formula is C29H43NO3. The Morgan fingerprint density at radius 2 is 1.33 bits per heavy atom. The number of rotatable bonds is 19. The van der Waals surface area contributed by atoms with Gasteiger partial charge in [-0.25, -0.2) is 0 Å². The number of carboxylic acids is 1. The van der Waals surface area contributed by atoms with Crippen molar-refractivity contribution in [2.45, 2.75) is 116 Å². The van der Waals surface area contributed by atoms with E-state index in [-0.39, 0.29) is 5.91 Å². The maximum absolute atomic E-state index is 11.8. The van der Waals surface area contributed by atoms with Gasteiger partial charge in [0.15, 0.2) is 0 Å². The highest BCUT2D eigenvalue weighted by Gasteiger charge is 2.03. The minimum atomic E-state index is -0.694. The van der Waals surface area contributed by atoms with Crippen LogP contribution in [-0.4, -0.2) is 23.5 Å². The van der Waals surface area contributed by atoms with Crippen LogP contribution in [0.3, 0.4) is 0 Å². The van der Waals surface area contributed by atoms with Gasteiger partial charge < -0.3 is 10.4 Å². The van der Waals surface area contributed by atoms with Crippen molar-refractivity contribution in [2.24, 2.45) is 0 Å². The Balaban J connectivity index is 1.79. The SMILES string of the molecule is O=C(O)CCCCCCCCC#CC#CCCCCCCCCC(=O)NCCC1=CC=CC1. The highest BCUT2D eigenvalue weighted by molar-refractivity contribution is 5.75. The van der Waals surface area contributed by atoms with Gasteiger partial charge in [0.25, 0.3) is 0 Å². The van der Waals surface area contributed by atoms with E-state index in [2.05, 4.69) is 47.2 Å². The molecule has 0 aromatic heterocycles. The second-order valence-electron chi connectivity index (χ2n) is 8.80. The van der Waals surface area contributed by atoms with Crippen LogP contribution in [0.1, 0.15) is 116 Å². The highest BCUT2D eigenvalue weighted by atomic mass is 16.4. The van der Waals surface area contributed by atoms with Gasteiger partial charge in [0.2, 0.25) is 5.91 Å². The smallest absolute Gasteiger partial charge is 0.303 e. The summed E-state index contributed by atoms with van der Waals surface area (Å²) >= 11 is 0. The predicted molar refractivity (Wildman–Crippen MR) is 137 cm³/mol. The van der Waals surface area contributed by atoms with Crippen molar-refractivity contribution in [2.75, 3.05) is 6.54 Å². The fraction of sp³-hybridized carbons (Fsp3) is 0.655. The lowest BCUT2D eigenvalue weighted by atomic mass is 10.1. The fourth-order valence-corrected chi connectivity index (χ4v) is 3.74. The van der Waals surface area contributed by atoms with E-state index in [0.717, 1.165) is 90.0 Å². The molecule has 0 aliphatic heterocycles. The van der Waals surface area contributed by atoms with E-state index in [1.54, 1.807) is 0 Å². The number of carbonyl (C=O) groups excluding carboxylic acids is 1. The average molecular weight is 454 g/mol. The van der Waals surface area contributed by atoms with Crippen LogP contribution in [0.25, 0.3) is 0 Å². The molecule has 1 aliphatic rings. The molecule has 4 nitrogen and oxygen atoms in total. The molecule has 1 aliphatic carbocycles. The Hall–Kier alpha value is -2.46. The zero-order chi connectivity index (χ0) is 23.8. The molecule has 1 amide bonds. The number of nitrogens with one attached hydrogen (secondary N) is 1. The van der Waals surface area contributed by atoms with Crippen molar-refractivity contribution < 1.29 is 14.7 Å². The molecule has 0 heterocycles. The maximum Gasteiger partial charge on any atom is 0.303 e. The summed E-state index contributed by atoms with van der Waals surface area (Å²) < 4.78 is 0. The van der Waals surface area contributed by atoms with E-state index < -0.39 is 5.97 Å². The minimum absolute atomic E-state index is 0.186. The first-order valence-electron chi connectivity index (χ1n) is 13.0. The Kier molecular flexibility index (Phi) is 18.5. The Bertz CT molecular complexity index is 727. The molecule has 0 saturated carbocycles. The van der Waals surface area contributed by atoms with E-state index in [4.69, 9.17) is 5.11 Å². The third kappa shape index (κ3) is 19.9. The number of aliphatic carboxylic acids is 1. The molecule has 33 heavy (non-hydrogen) atoms. The lowest BCUT2D eigenvalue weighted by Gasteiger charge is -2.06. The zero-order valence-electron chi connectivity index (χ0n) is 20.4. The summed E-state index contributed by atoms with van der Waals surface area (Å²) in [6.45, 7) is 0.759. The fourth-order valence-electron chi connectivity index (χ4n) is 3.74. The zero-order valence-corrected chi connectivity index (χ0v) is 20.4. The number of carboxylic acid groups (broad SMARTS) is 1. The number of unbranched alkanes of at least 4 members (excludes halogenated alkanes) is 12. The summed E-state index contributed by atoms with van der Waals surface area (Å²) in [5, 5.41) is 11.6. The molecule has 2 N–H and O–H groups in total. The van der Waals surface area contributed by atoms with Crippen LogP contribution in [0.15, 0.2) is 23.8 Å². The number of allylic oxidation sites excluding steroid dienone is 3. The molecule has 0 radical (unpaired) electrons. The molecule has 0 atom stereocenters. The average Bonchev–Trinajstić information content (AvgIpc) is 3.31. The Morgan fingerprint density at radius 1 is 0.788 bits per heavy atom. The van der Waals surface area contributed by atoms with Crippen molar-refractivity contribution in [3.8, 4) is 23.7 Å². The molecule has 0 bridgehead atoms. The number of hydrogen-bond acceptors (Lipinski definition) is 2. The maximum atomic E-state index is 11.8. The van der Waals surface area contributed by atoms with Gasteiger partial charge in [0.1, 0.15) is 0 Å². The normalized spacial score (nSPS) is 11.8. The van der Waals surface area contributed by atoms with E-state index >= 15 is 0 Å². The monoisotopic (exact) mass is 453 g/mol. The molecule has 0 unspecified atom stereocenters. The van der Waals surface area contributed by atoms with E-state index in [1.165, 1.54) is 24.8 Å². The van der Waals surface area contributed by atoms with Crippen molar-refractivity contribution >= 4 is 11.9 Å². The van der Waals surface area contributed by atoms with Gasteiger partial charge >= 0.3 is 5.97 Å². The first kappa shape index (κ1) is 28.6. The van der Waals surface area contributed by atoms with Gasteiger partial charge in [0, 0.05) is 32.2 Å². The third-order valence-electron chi connectivity index (χ3n) is 5.75. The van der Waals surface area contributed by atoms with Crippen LogP contribution >= 0.6 is 0 Å². The van der Waals surface area contributed by atoms with Gasteiger partial charge in [-0.05, 0) is 50.4 Å². The highest BCUT2D eigenvalue weighted by Crippen LogP contribution is 2.13. The Morgan fingerprint density at radius 3 is 1.88 bits per heavy atom. The second-order valence-corrected chi connectivity index (χ2v) is 8.80. The first-order chi connectivity index (χ1) is 16.2.